The molecular formula is C29H20Cl3F8N3O3. The summed E-state index contributed by atoms with van der Waals surface area (Å²) in [6.45, 7) is 0.568. The monoisotopic (exact) mass is 715 g/mol. The fourth-order valence-corrected chi connectivity index (χ4v) is 5.54. The zero-order chi connectivity index (χ0) is 34.4. The lowest BCUT2D eigenvalue weighted by Crippen LogP contribution is -2.20. The van der Waals surface area contributed by atoms with Gasteiger partial charge in [-0.05, 0) is 55.0 Å². The van der Waals surface area contributed by atoms with Gasteiger partial charge in [0.2, 0.25) is 17.7 Å². The van der Waals surface area contributed by atoms with Crippen molar-refractivity contribution >= 4 is 69.6 Å². The SMILES string of the molecule is CC(F)(F)CCC(=O)Nc1c(F)ccc(NC(=O)c2cc(NC(=O)[C@H]3[C@H](c4ccc(F)c(C(F)(F)F)c4)C3(Cl)Cl)ccc2Cl)c1F. The van der Waals surface area contributed by atoms with E-state index in [0.717, 1.165) is 18.2 Å². The van der Waals surface area contributed by atoms with Crippen LogP contribution in [-0.4, -0.2) is 28.0 Å². The van der Waals surface area contributed by atoms with E-state index in [9.17, 15) is 45.1 Å². The summed E-state index contributed by atoms with van der Waals surface area (Å²) in [6.07, 6.45) is -6.65. The summed E-state index contributed by atoms with van der Waals surface area (Å²) < 4.78 is 107. The highest BCUT2D eigenvalue weighted by atomic mass is 35.5. The molecule has 17 heteroatoms. The Bertz CT molecular complexity index is 1710. The number of halogens is 11. The van der Waals surface area contributed by atoms with Gasteiger partial charge in [-0.3, -0.25) is 14.4 Å². The molecule has 0 spiro atoms. The van der Waals surface area contributed by atoms with Crippen LogP contribution in [0.5, 0.6) is 0 Å². The van der Waals surface area contributed by atoms with Gasteiger partial charge >= 0.3 is 6.18 Å². The minimum atomic E-state index is -5.02. The number of benzene rings is 3. The molecule has 1 fully saturated rings. The van der Waals surface area contributed by atoms with E-state index in [0.29, 0.717) is 25.1 Å². The molecule has 0 aliphatic heterocycles. The summed E-state index contributed by atoms with van der Waals surface area (Å²) in [4.78, 5) is 37.9. The van der Waals surface area contributed by atoms with Gasteiger partial charge in [-0.25, -0.2) is 22.0 Å². The Labute approximate surface area is 270 Å². The number of carbonyl (C=O) groups is 3. The van der Waals surface area contributed by atoms with Gasteiger partial charge in [0, 0.05) is 24.4 Å². The number of rotatable bonds is 9. The summed E-state index contributed by atoms with van der Waals surface area (Å²) >= 11 is 18.5. The molecule has 1 aliphatic rings. The summed E-state index contributed by atoms with van der Waals surface area (Å²) in [5, 5.41) is 6.20. The van der Waals surface area contributed by atoms with Crippen molar-refractivity contribution < 1.29 is 49.5 Å². The number of amides is 3. The molecular weight excluding hydrogens is 697 g/mol. The van der Waals surface area contributed by atoms with E-state index >= 15 is 4.39 Å². The number of hydrogen-bond donors (Lipinski definition) is 3. The van der Waals surface area contributed by atoms with Gasteiger partial charge in [0.1, 0.15) is 21.7 Å². The average Bonchev–Trinajstić information content (AvgIpc) is 3.53. The molecule has 246 valence electrons. The first-order valence-corrected chi connectivity index (χ1v) is 14.2. The third-order valence-corrected chi connectivity index (χ3v) is 8.13. The second-order valence-electron chi connectivity index (χ2n) is 10.4. The second kappa shape index (κ2) is 12.9. The lowest BCUT2D eigenvalue weighted by atomic mass is 10.0. The van der Waals surface area contributed by atoms with Gasteiger partial charge < -0.3 is 16.0 Å². The maximum atomic E-state index is 15.0. The summed E-state index contributed by atoms with van der Waals surface area (Å²) in [5.74, 6) is -12.9. The highest BCUT2D eigenvalue weighted by Crippen LogP contribution is 2.65. The Hall–Kier alpha value is -3.62. The van der Waals surface area contributed by atoms with Crippen LogP contribution in [0.3, 0.4) is 0 Å². The first kappa shape index (κ1) is 35.2. The minimum absolute atomic E-state index is 0.0651. The van der Waals surface area contributed by atoms with Crippen molar-refractivity contribution in [2.75, 3.05) is 16.0 Å². The van der Waals surface area contributed by atoms with Crippen molar-refractivity contribution in [3.8, 4) is 0 Å². The van der Waals surface area contributed by atoms with Crippen LogP contribution in [0.2, 0.25) is 5.02 Å². The molecule has 3 aromatic carbocycles. The van der Waals surface area contributed by atoms with Crippen LogP contribution in [0.4, 0.5) is 52.2 Å². The molecule has 6 nitrogen and oxygen atoms in total. The van der Waals surface area contributed by atoms with Crippen molar-refractivity contribution in [1.29, 1.82) is 0 Å². The number of anilines is 3. The highest BCUT2D eigenvalue weighted by Gasteiger charge is 2.67. The Balaban J connectivity index is 1.49. The molecule has 0 saturated heterocycles. The number of nitrogens with one attached hydrogen (secondary N) is 3. The van der Waals surface area contributed by atoms with E-state index < -0.39 is 93.2 Å². The third kappa shape index (κ3) is 7.84. The lowest BCUT2D eigenvalue weighted by molar-refractivity contribution is -0.140. The molecule has 4 rings (SSSR count). The van der Waals surface area contributed by atoms with E-state index in [2.05, 4.69) is 10.6 Å². The number of hydrogen-bond acceptors (Lipinski definition) is 3. The van der Waals surface area contributed by atoms with E-state index in [1.165, 1.54) is 12.1 Å². The predicted octanol–water partition coefficient (Wildman–Crippen LogP) is 8.93. The van der Waals surface area contributed by atoms with Crippen LogP contribution in [-0.2, 0) is 15.8 Å². The quantitative estimate of drug-likeness (QED) is 0.153. The maximum Gasteiger partial charge on any atom is 0.419 e. The Kier molecular flexibility index (Phi) is 9.87. The van der Waals surface area contributed by atoms with E-state index in [1.54, 1.807) is 0 Å². The van der Waals surface area contributed by atoms with Crippen molar-refractivity contribution in [3.63, 3.8) is 0 Å². The first-order chi connectivity index (χ1) is 21.2. The second-order valence-corrected chi connectivity index (χ2v) is 12.3. The molecule has 0 aromatic heterocycles. The van der Waals surface area contributed by atoms with Crippen LogP contribution < -0.4 is 16.0 Å². The molecule has 3 aromatic rings. The van der Waals surface area contributed by atoms with Crippen molar-refractivity contribution in [3.05, 3.63) is 87.7 Å². The van der Waals surface area contributed by atoms with Gasteiger partial charge in [0.05, 0.1) is 27.8 Å². The van der Waals surface area contributed by atoms with Crippen LogP contribution in [0.25, 0.3) is 0 Å². The molecule has 2 atom stereocenters. The zero-order valence-corrected chi connectivity index (χ0v) is 25.3. The van der Waals surface area contributed by atoms with Gasteiger partial charge in [0.25, 0.3) is 5.91 Å². The van der Waals surface area contributed by atoms with Gasteiger partial charge in [-0.2, -0.15) is 13.2 Å². The van der Waals surface area contributed by atoms with Gasteiger partial charge in [-0.15, -0.1) is 23.2 Å². The maximum absolute atomic E-state index is 15.0. The average molecular weight is 717 g/mol. The van der Waals surface area contributed by atoms with Crippen LogP contribution in [0, 0.1) is 23.4 Å². The molecule has 0 radical (unpaired) electrons. The molecule has 3 amide bonds. The highest BCUT2D eigenvalue weighted by molar-refractivity contribution is 6.53. The lowest BCUT2D eigenvalue weighted by Gasteiger charge is -2.14. The van der Waals surface area contributed by atoms with Crippen molar-refractivity contribution in [2.24, 2.45) is 5.92 Å². The summed E-state index contributed by atoms with van der Waals surface area (Å²) in [5.41, 5.74) is -3.73. The van der Waals surface area contributed by atoms with Crippen LogP contribution in [0.15, 0.2) is 48.5 Å². The predicted molar refractivity (Wildman–Crippen MR) is 155 cm³/mol. The fraction of sp³-hybridized carbons (Fsp3) is 0.276. The van der Waals surface area contributed by atoms with Gasteiger partial charge in [0.15, 0.2) is 5.82 Å². The molecule has 0 heterocycles. The molecule has 46 heavy (non-hydrogen) atoms. The van der Waals surface area contributed by atoms with Crippen molar-refractivity contribution in [2.45, 2.75) is 42.1 Å². The van der Waals surface area contributed by atoms with Crippen LogP contribution >= 0.6 is 34.8 Å². The molecule has 0 unspecified atom stereocenters. The molecule has 1 aliphatic carbocycles. The Morgan fingerprint density at radius 1 is 0.870 bits per heavy atom. The molecule has 1 saturated carbocycles. The summed E-state index contributed by atoms with van der Waals surface area (Å²) in [7, 11) is 0. The topological polar surface area (TPSA) is 87.3 Å². The van der Waals surface area contributed by atoms with Gasteiger partial charge in [-0.1, -0.05) is 17.7 Å². The normalized spacial score (nSPS) is 17.3. The smallest absolute Gasteiger partial charge is 0.326 e. The minimum Gasteiger partial charge on any atom is -0.326 e. The molecule has 3 N–H and O–H groups in total. The number of carbonyl (C=O) groups excluding carboxylic acids is 3. The number of alkyl halides is 7. The summed E-state index contributed by atoms with van der Waals surface area (Å²) in [6, 6.07) is 7.12. The largest absolute Gasteiger partial charge is 0.419 e. The Morgan fingerprint density at radius 3 is 2.15 bits per heavy atom. The Morgan fingerprint density at radius 2 is 1.52 bits per heavy atom. The zero-order valence-electron chi connectivity index (χ0n) is 23.1. The van der Waals surface area contributed by atoms with E-state index in [-0.39, 0.29) is 21.8 Å². The van der Waals surface area contributed by atoms with E-state index in [1.807, 2.05) is 5.32 Å². The third-order valence-electron chi connectivity index (χ3n) is 6.86. The fourth-order valence-electron chi connectivity index (χ4n) is 4.51. The standard InChI is InChI=1S/C29H20Cl3F8N3O3/c1-27(36,37)9-8-20(44)43-24-18(34)6-7-19(23(24)35)42-25(45)14-11-13(3-4-16(14)30)41-26(46)22-21(28(22,31)32)12-2-5-17(33)15(10-12)29(38,39)40/h2-7,10-11,21-22H,8-9H2,1H3,(H,41,46)(H,42,45)(H,43,44)/t21-,22+/m0/s1. The molecule has 0 bridgehead atoms. The first-order valence-electron chi connectivity index (χ1n) is 13.0. The van der Waals surface area contributed by atoms with E-state index in [4.69, 9.17) is 34.8 Å². The van der Waals surface area contributed by atoms with Crippen molar-refractivity contribution in [1.82, 2.24) is 0 Å². The van der Waals surface area contributed by atoms with Crippen LogP contribution in [0.1, 0.15) is 47.2 Å².